The van der Waals surface area contributed by atoms with Crippen LogP contribution < -0.4 is 5.73 Å². The van der Waals surface area contributed by atoms with Gasteiger partial charge in [-0.15, -0.1) is 0 Å². The first kappa shape index (κ1) is 15.3. The van der Waals surface area contributed by atoms with Gasteiger partial charge in [0.25, 0.3) is 0 Å². The summed E-state index contributed by atoms with van der Waals surface area (Å²) in [4.78, 5) is 17.1. The van der Waals surface area contributed by atoms with Gasteiger partial charge in [0.2, 0.25) is 5.91 Å². The lowest BCUT2D eigenvalue weighted by molar-refractivity contribution is -0.139. The molecule has 0 aromatic carbocycles. The number of piperazine rings is 1. The topological polar surface area (TPSA) is 58.8 Å². The molecule has 2 saturated heterocycles. The zero-order chi connectivity index (χ0) is 14.7. The number of nitrogens with zero attached hydrogens (tertiary/aromatic N) is 2. The number of rotatable bonds is 3. The van der Waals surface area contributed by atoms with E-state index in [2.05, 4.69) is 4.90 Å². The van der Waals surface area contributed by atoms with Crippen molar-refractivity contribution in [3.8, 4) is 0 Å². The van der Waals surface area contributed by atoms with Crippen LogP contribution in [-0.4, -0.2) is 67.2 Å². The molecule has 3 unspecified atom stereocenters. The fraction of sp³-hybridized carbons (Fsp3) is 0.938. The van der Waals surface area contributed by atoms with Crippen LogP contribution in [0, 0.1) is 5.92 Å². The van der Waals surface area contributed by atoms with Crippen molar-refractivity contribution in [3.63, 3.8) is 0 Å². The second kappa shape index (κ2) is 7.07. The molecule has 1 saturated carbocycles. The number of carbonyl (C=O) groups is 1. The summed E-state index contributed by atoms with van der Waals surface area (Å²) >= 11 is 0. The van der Waals surface area contributed by atoms with Crippen molar-refractivity contribution in [1.29, 1.82) is 0 Å². The van der Waals surface area contributed by atoms with Crippen molar-refractivity contribution in [3.05, 3.63) is 0 Å². The van der Waals surface area contributed by atoms with Crippen molar-refractivity contribution >= 4 is 5.91 Å². The maximum absolute atomic E-state index is 12.6. The van der Waals surface area contributed by atoms with Crippen LogP contribution in [0.5, 0.6) is 0 Å². The Kier molecular flexibility index (Phi) is 5.14. The van der Waals surface area contributed by atoms with E-state index in [-0.39, 0.29) is 12.0 Å². The first-order valence-corrected chi connectivity index (χ1v) is 8.62. The molecular formula is C16H29N3O2. The molecule has 3 atom stereocenters. The molecule has 0 radical (unpaired) electrons. The van der Waals surface area contributed by atoms with E-state index in [1.165, 1.54) is 19.3 Å². The standard InChI is InChI=1S/C16H29N3O2/c17-15-6-2-1-5-14(15)16(20)19-9-7-18(8-10-19)12-13-4-3-11-21-13/h13-15H,1-12,17H2. The van der Waals surface area contributed by atoms with Gasteiger partial charge < -0.3 is 15.4 Å². The zero-order valence-electron chi connectivity index (χ0n) is 13.0. The van der Waals surface area contributed by atoms with Crippen LogP contribution in [0.25, 0.3) is 0 Å². The Labute approximate surface area is 127 Å². The summed E-state index contributed by atoms with van der Waals surface area (Å²) in [6.07, 6.45) is 7.13. The summed E-state index contributed by atoms with van der Waals surface area (Å²) < 4.78 is 5.70. The van der Waals surface area contributed by atoms with Gasteiger partial charge in [0.15, 0.2) is 0 Å². The van der Waals surface area contributed by atoms with Crippen LogP contribution >= 0.6 is 0 Å². The highest BCUT2D eigenvalue weighted by Crippen LogP contribution is 2.25. The summed E-state index contributed by atoms with van der Waals surface area (Å²) in [5.41, 5.74) is 6.15. The minimum atomic E-state index is 0.0727. The lowest BCUT2D eigenvalue weighted by Crippen LogP contribution is -2.54. The summed E-state index contributed by atoms with van der Waals surface area (Å²) in [5, 5.41) is 0. The third kappa shape index (κ3) is 3.76. The molecule has 0 bridgehead atoms. The lowest BCUT2D eigenvalue weighted by Gasteiger charge is -2.39. The molecule has 5 heteroatoms. The van der Waals surface area contributed by atoms with Crippen molar-refractivity contribution < 1.29 is 9.53 Å². The van der Waals surface area contributed by atoms with Gasteiger partial charge in [0.1, 0.15) is 0 Å². The van der Waals surface area contributed by atoms with Crippen LogP contribution in [0.3, 0.4) is 0 Å². The molecule has 120 valence electrons. The van der Waals surface area contributed by atoms with E-state index < -0.39 is 0 Å². The molecule has 3 aliphatic rings. The molecule has 21 heavy (non-hydrogen) atoms. The highest BCUT2D eigenvalue weighted by Gasteiger charge is 2.33. The maximum atomic E-state index is 12.6. The predicted octanol–water partition coefficient (Wildman–Crippen LogP) is 0.827. The summed E-state index contributed by atoms with van der Waals surface area (Å²) in [6.45, 7) is 5.62. The van der Waals surface area contributed by atoms with Crippen molar-refractivity contribution in [2.75, 3.05) is 39.3 Å². The fourth-order valence-corrected chi connectivity index (χ4v) is 3.93. The van der Waals surface area contributed by atoms with Crippen molar-refractivity contribution in [2.24, 2.45) is 11.7 Å². The first-order valence-electron chi connectivity index (χ1n) is 8.62. The molecule has 2 heterocycles. The first-order chi connectivity index (χ1) is 10.2. The average Bonchev–Trinajstić information content (AvgIpc) is 3.01. The Balaban J connectivity index is 1.45. The van der Waals surface area contributed by atoms with E-state index in [1.54, 1.807) is 0 Å². The van der Waals surface area contributed by atoms with Gasteiger partial charge in [-0.3, -0.25) is 9.69 Å². The molecule has 2 N–H and O–H groups in total. The molecule has 3 fully saturated rings. The third-order valence-corrected chi connectivity index (χ3v) is 5.31. The van der Waals surface area contributed by atoms with Crippen LogP contribution in [0.2, 0.25) is 0 Å². The van der Waals surface area contributed by atoms with E-state index in [4.69, 9.17) is 10.5 Å². The fourth-order valence-electron chi connectivity index (χ4n) is 3.93. The summed E-state index contributed by atoms with van der Waals surface area (Å²) in [5.74, 6) is 0.377. The molecule has 0 aromatic heterocycles. The van der Waals surface area contributed by atoms with Crippen LogP contribution in [-0.2, 0) is 9.53 Å². The molecule has 0 aromatic rings. The smallest absolute Gasteiger partial charge is 0.227 e. The normalized spacial score (nSPS) is 35.1. The number of nitrogens with two attached hydrogens (primary N) is 1. The second-order valence-electron chi connectivity index (χ2n) is 6.82. The van der Waals surface area contributed by atoms with Gasteiger partial charge in [0.05, 0.1) is 12.0 Å². The number of carbonyl (C=O) groups excluding carboxylic acids is 1. The average molecular weight is 295 g/mol. The van der Waals surface area contributed by atoms with Crippen LogP contribution in [0.15, 0.2) is 0 Å². The highest BCUT2D eigenvalue weighted by molar-refractivity contribution is 5.79. The van der Waals surface area contributed by atoms with Crippen molar-refractivity contribution in [1.82, 2.24) is 9.80 Å². The van der Waals surface area contributed by atoms with E-state index in [0.717, 1.165) is 58.6 Å². The maximum Gasteiger partial charge on any atom is 0.227 e. The number of amides is 1. The zero-order valence-corrected chi connectivity index (χ0v) is 13.0. The highest BCUT2D eigenvalue weighted by atomic mass is 16.5. The molecule has 1 amide bonds. The van der Waals surface area contributed by atoms with Gasteiger partial charge in [-0.2, -0.15) is 0 Å². The van der Waals surface area contributed by atoms with E-state index in [0.29, 0.717) is 12.0 Å². The second-order valence-corrected chi connectivity index (χ2v) is 6.82. The van der Waals surface area contributed by atoms with Gasteiger partial charge in [-0.05, 0) is 25.7 Å². The Morgan fingerprint density at radius 1 is 1.05 bits per heavy atom. The molecule has 2 aliphatic heterocycles. The van der Waals surface area contributed by atoms with Gasteiger partial charge >= 0.3 is 0 Å². The summed E-state index contributed by atoms with van der Waals surface area (Å²) in [7, 11) is 0. The molecule has 3 rings (SSSR count). The molecule has 5 nitrogen and oxygen atoms in total. The minimum Gasteiger partial charge on any atom is -0.377 e. The number of hydrogen-bond acceptors (Lipinski definition) is 4. The van der Waals surface area contributed by atoms with Gasteiger partial charge in [-0.1, -0.05) is 12.8 Å². The van der Waals surface area contributed by atoms with Crippen LogP contribution in [0.4, 0.5) is 0 Å². The Bertz CT molecular complexity index is 349. The molecular weight excluding hydrogens is 266 g/mol. The predicted molar refractivity (Wildman–Crippen MR) is 81.9 cm³/mol. The van der Waals surface area contributed by atoms with E-state index in [1.807, 2.05) is 4.90 Å². The quantitative estimate of drug-likeness (QED) is 0.838. The number of ether oxygens (including phenoxy) is 1. The van der Waals surface area contributed by atoms with Crippen molar-refractivity contribution in [2.45, 2.75) is 50.7 Å². The SMILES string of the molecule is NC1CCCCC1C(=O)N1CCN(CC2CCCO2)CC1. The van der Waals surface area contributed by atoms with Gasteiger partial charge in [0, 0.05) is 45.4 Å². The molecule has 0 spiro atoms. The Hall–Kier alpha value is -0.650. The minimum absolute atomic E-state index is 0.0727. The Morgan fingerprint density at radius 3 is 2.48 bits per heavy atom. The monoisotopic (exact) mass is 295 g/mol. The largest absolute Gasteiger partial charge is 0.377 e. The molecule has 1 aliphatic carbocycles. The Morgan fingerprint density at radius 2 is 1.81 bits per heavy atom. The van der Waals surface area contributed by atoms with E-state index in [9.17, 15) is 4.79 Å². The van der Waals surface area contributed by atoms with Gasteiger partial charge in [-0.25, -0.2) is 0 Å². The van der Waals surface area contributed by atoms with E-state index >= 15 is 0 Å². The third-order valence-electron chi connectivity index (χ3n) is 5.31. The van der Waals surface area contributed by atoms with Crippen LogP contribution in [0.1, 0.15) is 38.5 Å². The number of hydrogen-bond donors (Lipinski definition) is 1. The lowest BCUT2D eigenvalue weighted by atomic mass is 9.84. The summed E-state index contributed by atoms with van der Waals surface area (Å²) in [6, 6.07) is 0.0798.